The number of hydrogen-bond donors (Lipinski definition) is 2. The topological polar surface area (TPSA) is 131 Å². The van der Waals surface area contributed by atoms with Gasteiger partial charge in [0.1, 0.15) is 23.9 Å². The number of aromatic hydroxyl groups is 1. The molecule has 7 heterocycles. The van der Waals surface area contributed by atoms with E-state index in [1.807, 2.05) is 24.5 Å². The van der Waals surface area contributed by atoms with Crippen LogP contribution in [0.5, 0.6) is 11.5 Å². The van der Waals surface area contributed by atoms with Crippen molar-refractivity contribution in [3.05, 3.63) is 107 Å². The zero-order valence-electron chi connectivity index (χ0n) is 32.2. The Morgan fingerprint density at radius 2 is 1.58 bits per heavy atom. The van der Waals surface area contributed by atoms with Gasteiger partial charge in [0.25, 0.3) is 5.91 Å². The second-order valence-corrected chi connectivity index (χ2v) is 17.2. The Bertz CT molecular complexity index is 2170. The number of anilines is 2. The number of imide groups is 1. The summed E-state index contributed by atoms with van der Waals surface area (Å²) in [5.74, 6) is 1.04. The molecule has 0 radical (unpaired) electrons. The van der Waals surface area contributed by atoms with Crippen LogP contribution in [-0.2, 0) is 16.1 Å². The highest BCUT2D eigenvalue weighted by Gasteiger charge is 2.46. The van der Waals surface area contributed by atoms with Crippen LogP contribution in [-0.4, -0.2) is 101 Å². The van der Waals surface area contributed by atoms with E-state index < -0.39 is 6.04 Å². The lowest BCUT2D eigenvalue weighted by molar-refractivity contribution is -0.136. The van der Waals surface area contributed by atoms with Crippen molar-refractivity contribution in [1.82, 2.24) is 25.1 Å². The van der Waals surface area contributed by atoms with Crippen LogP contribution in [0.1, 0.15) is 83.0 Å². The summed E-state index contributed by atoms with van der Waals surface area (Å²) in [7, 11) is 0. The average Bonchev–Trinajstić information content (AvgIpc) is 3.55. The van der Waals surface area contributed by atoms with Crippen molar-refractivity contribution in [1.29, 1.82) is 0 Å². The monoisotopic (exact) mass is 767 g/mol. The van der Waals surface area contributed by atoms with Crippen molar-refractivity contribution in [2.45, 2.75) is 62.9 Å². The van der Waals surface area contributed by atoms with Crippen LogP contribution in [0, 0.1) is 11.3 Å². The van der Waals surface area contributed by atoms with Gasteiger partial charge in [0.2, 0.25) is 11.8 Å². The summed E-state index contributed by atoms with van der Waals surface area (Å²) in [5, 5.41) is 12.5. The third-order valence-corrected chi connectivity index (χ3v) is 13.8. The molecule has 3 aromatic carbocycles. The number of aromatic nitrogens is 2. The van der Waals surface area contributed by atoms with E-state index in [1.54, 1.807) is 23.4 Å². The Morgan fingerprint density at radius 3 is 2.33 bits per heavy atom. The van der Waals surface area contributed by atoms with Gasteiger partial charge in [-0.1, -0.05) is 18.2 Å². The SMILES string of the molecule is O=C1CCC(N2Cc3cc(N4CC5(CCN(CC6CCN(c7ccc([C@H]8c9ccc(O)cc9OC[C@H]8c8cncnc8)cc7)CC6)CC5)C4)ccc3C2=O)C(=O)N1. The highest BCUT2D eigenvalue weighted by molar-refractivity contribution is 6.05. The van der Waals surface area contributed by atoms with E-state index >= 15 is 0 Å². The number of benzene rings is 3. The zero-order valence-corrected chi connectivity index (χ0v) is 32.2. The standard InChI is InChI=1S/C45H49N7O5/c53-35-6-8-37-40(20-35)57-25-38(32-21-46-28-47-22-32)42(37)30-1-3-33(4-2-30)50-15-11-29(12-16-50)23-49-17-13-45(14-18-49)26-51(27-45)34-5-7-36-31(19-34)24-52(44(36)56)39-9-10-41(54)48-43(39)55/h1-8,19-22,28-29,38-39,42,53H,9-18,23-27H2,(H,48,54,55)/t38-,39?,42-/m0/s1. The van der Waals surface area contributed by atoms with Crippen LogP contribution < -0.4 is 19.9 Å². The summed E-state index contributed by atoms with van der Waals surface area (Å²) < 4.78 is 6.13. The first-order valence-corrected chi connectivity index (χ1v) is 20.6. The summed E-state index contributed by atoms with van der Waals surface area (Å²) >= 11 is 0. The van der Waals surface area contributed by atoms with Gasteiger partial charge in [-0.25, -0.2) is 9.97 Å². The third-order valence-electron chi connectivity index (χ3n) is 13.8. The van der Waals surface area contributed by atoms with Crippen molar-refractivity contribution in [2.24, 2.45) is 11.3 Å². The number of carbonyl (C=O) groups excluding carboxylic acids is 3. The smallest absolute Gasteiger partial charge is 0.255 e. The second kappa shape index (κ2) is 14.5. The van der Waals surface area contributed by atoms with Crippen LogP contribution in [0.25, 0.3) is 0 Å². The van der Waals surface area contributed by atoms with Gasteiger partial charge in [0, 0.05) is 104 Å². The maximum Gasteiger partial charge on any atom is 0.255 e. The average molecular weight is 768 g/mol. The van der Waals surface area contributed by atoms with Gasteiger partial charge in [-0.2, -0.15) is 0 Å². The van der Waals surface area contributed by atoms with Crippen molar-refractivity contribution in [3.63, 3.8) is 0 Å². The van der Waals surface area contributed by atoms with Gasteiger partial charge in [-0.3, -0.25) is 19.7 Å². The zero-order chi connectivity index (χ0) is 38.7. The number of rotatable bonds is 7. The molecule has 1 spiro atoms. The number of nitrogens with one attached hydrogen (secondary N) is 1. The molecule has 1 unspecified atom stereocenters. The number of amides is 3. The van der Waals surface area contributed by atoms with Gasteiger partial charge in [0.15, 0.2) is 0 Å². The lowest BCUT2D eigenvalue weighted by atomic mass is 9.71. The quantitative estimate of drug-likeness (QED) is 0.246. The van der Waals surface area contributed by atoms with E-state index in [1.165, 1.54) is 43.5 Å². The Labute approximate surface area is 332 Å². The van der Waals surface area contributed by atoms with Crippen LogP contribution >= 0.6 is 0 Å². The lowest BCUT2D eigenvalue weighted by Gasteiger charge is -2.55. The minimum absolute atomic E-state index is 0.0668. The molecule has 12 nitrogen and oxygen atoms in total. The minimum Gasteiger partial charge on any atom is -0.508 e. The lowest BCUT2D eigenvalue weighted by Crippen LogP contribution is -2.60. The van der Waals surface area contributed by atoms with Gasteiger partial charge in [-0.15, -0.1) is 0 Å². The molecule has 12 heteroatoms. The molecule has 4 saturated heterocycles. The molecule has 1 aromatic heterocycles. The number of fused-ring (bicyclic) bond motifs is 2. The summed E-state index contributed by atoms with van der Waals surface area (Å²) in [4.78, 5) is 55.2. The predicted octanol–water partition coefficient (Wildman–Crippen LogP) is 5.07. The van der Waals surface area contributed by atoms with E-state index in [2.05, 4.69) is 66.4 Å². The number of hydrogen-bond acceptors (Lipinski definition) is 10. The molecule has 57 heavy (non-hydrogen) atoms. The maximum atomic E-state index is 13.2. The number of nitrogens with zero attached hydrogens (tertiary/aromatic N) is 6. The highest BCUT2D eigenvalue weighted by Crippen LogP contribution is 2.47. The van der Waals surface area contributed by atoms with Crippen molar-refractivity contribution < 1.29 is 24.2 Å². The molecular weight excluding hydrogens is 719 g/mol. The first-order valence-electron chi connectivity index (χ1n) is 20.6. The van der Waals surface area contributed by atoms with E-state index in [9.17, 15) is 19.5 Å². The maximum absolute atomic E-state index is 13.2. The summed E-state index contributed by atoms with van der Waals surface area (Å²) in [6, 6.07) is 20.0. The number of phenolic OH excluding ortho intramolecular Hbond substituents is 1. The predicted molar refractivity (Wildman–Crippen MR) is 214 cm³/mol. The van der Waals surface area contributed by atoms with Gasteiger partial charge < -0.3 is 29.4 Å². The van der Waals surface area contributed by atoms with Crippen LogP contribution in [0.4, 0.5) is 11.4 Å². The molecule has 3 amide bonds. The molecule has 4 fully saturated rings. The fraction of sp³-hybridized carbons (Fsp3) is 0.444. The Balaban J connectivity index is 0.706. The first-order chi connectivity index (χ1) is 27.8. The molecule has 4 aromatic rings. The Morgan fingerprint density at radius 1 is 0.825 bits per heavy atom. The molecule has 6 aliphatic rings. The number of phenols is 1. The number of piperidine rings is 3. The van der Waals surface area contributed by atoms with Crippen LogP contribution in [0.15, 0.2) is 79.4 Å². The normalized spacial score (nSPS) is 24.8. The fourth-order valence-corrected chi connectivity index (χ4v) is 10.5. The summed E-state index contributed by atoms with van der Waals surface area (Å²) in [5.41, 5.74) is 7.76. The van der Waals surface area contributed by atoms with Crippen molar-refractivity contribution in [2.75, 3.05) is 62.2 Å². The molecule has 0 aliphatic carbocycles. The molecule has 0 bridgehead atoms. The van der Waals surface area contributed by atoms with Crippen molar-refractivity contribution >= 4 is 29.1 Å². The summed E-state index contributed by atoms with van der Waals surface area (Å²) in [6.45, 7) is 8.63. The molecule has 294 valence electrons. The van der Waals surface area contributed by atoms with Gasteiger partial charge in [-0.05, 0) is 104 Å². The molecule has 6 aliphatic heterocycles. The van der Waals surface area contributed by atoms with Crippen LogP contribution in [0.2, 0.25) is 0 Å². The van der Waals surface area contributed by atoms with E-state index in [0.29, 0.717) is 36.5 Å². The molecule has 3 atom stereocenters. The third kappa shape index (κ3) is 6.77. The van der Waals surface area contributed by atoms with Crippen LogP contribution in [0.3, 0.4) is 0 Å². The van der Waals surface area contributed by atoms with Gasteiger partial charge >= 0.3 is 0 Å². The minimum atomic E-state index is -0.583. The molecular formula is C45H49N7O5. The van der Waals surface area contributed by atoms with E-state index in [4.69, 9.17) is 4.74 Å². The summed E-state index contributed by atoms with van der Waals surface area (Å²) in [6.07, 6.45) is 10.8. The molecule has 0 saturated carbocycles. The van der Waals surface area contributed by atoms with Gasteiger partial charge in [0.05, 0.1) is 6.61 Å². The molecule has 2 N–H and O–H groups in total. The number of ether oxygens (including phenoxy) is 1. The number of carbonyl (C=O) groups is 3. The Hall–Kier alpha value is -5.49. The van der Waals surface area contributed by atoms with Crippen molar-refractivity contribution in [3.8, 4) is 11.5 Å². The first kappa shape index (κ1) is 35.9. The highest BCUT2D eigenvalue weighted by atomic mass is 16.5. The largest absolute Gasteiger partial charge is 0.508 e. The molecule has 10 rings (SSSR count). The fourth-order valence-electron chi connectivity index (χ4n) is 10.5. The second-order valence-electron chi connectivity index (χ2n) is 17.2. The number of likely N-dealkylation sites (tertiary alicyclic amines) is 1. The Kier molecular flexibility index (Phi) is 9.11. The van der Waals surface area contributed by atoms with E-state index in [-0.39, 0.29) is 41.7 Å². The van der Waals surface area contributed by atoms with E-state index in [0.717, 1.165) is 67.4 Å².